The summed E-state index contributed by atoms with van der Waals surface area (Å²) < 4.78 is 5.43. The van der Waals surface area contributed by atoms with E-state index in [1.807, 2.05) is 18.4 Å². The van der Waals surface area contributed by atoms with Gasteiger partial charge in [-0.3, -0.25) is 9.89 Å². The summed E-state index contributed by atoms with van der Waals surface area (Å²) in [5.74, 6) is 1.79. The normalized spacial score (nSPS) is 14.6. The first-order valence-corrected chi connectivity index (χ1v) is 10.3. The molecule has 27 heavy (non-hydrogen) atoms. The lowest BCUT2D eigenvalue weighted by molar-refractivity contribution is 0.260. The van der Waals surface area contributed by atoms with Crippen LogP contribution in [0.1, 0.15) is 41.3 Å². The van der Waals surface area contributed by atoms with E-state index in [0.29, 0.717) is 6.54 Å². The van der Waals surface area contributed by atoms with Gasteiger partial charge in [-0.2, -0.15) is 0 Å². The molecule has 0 fully saturated rings. The molecule has 1 aliphatic rings. The van der Waals surface area contributed by atoms with Crippen LogP contribution >= 0.6 is 35.3 Å². The zero-order valence-electron chi connectivity index (χ0n) is 16.4. The van der Waals surface area contributed by atoms with Crippen LogP contribution in [-0.4, -0.2) is 42.7 Å². The first-order chi connectivity index (χ1) is 12.7. The monoisotopic (exact) mass is 503 g/mol. The van der Waals surface area contributed by atoms with Crippen LogP contribution in [0.15, 0.2) is 21.0 Å². The summed E-state index contributed by atoms with van der Waals surface area (Å²) in [6.45, 7) is 8.99. The quantitative estimate of drug-likeness (QED) is 0.345. The molecule has 3 rings (SSSR count). The van der Waals surface area contributed by atoms with E-state index < -0.39 is 0 Å². The summed E-state index contributed by atoms with van der Waals surface area (Å²) in [5, 5.41) is 13.2. The number of aliphatic imine (C=N–C) groups is 1. The Labute approximate surface area is 182 Å². The number of rotatable bonds is 7. The van der Waals surface area contributed by atoms with Crippen LogP contribution in [0.25, 0.3) is 0 Å². The molecule has 0 unspecified atom stereocenters. The van der Waals surface area contributed by atoms with E-state index in [-0.39, 0.29) is 24.0 Å². The Balaban J connectivity index is 0.00000261. The molecule has 150 valence electrons. The van der Waals surface area contributed by atoms with E-state index in [9.17, 15) is 0 Å². The first-order valence-electron chi connectivity index (χ1n) is 9.43. The van der Waals surface area contributed by atoms with E-state index in [4.69, 9.17) is 4.52 Å². The van der Waals surface area contributed by atoms with E-state index in [1.54, 1.807) is 4.88 Å². The fourth-order valence-electron chi connectivity index (χ4n) is 3.36. The highest BCUT2D eigenvalue weighted by Gasteiger charge is 2.17. The predicted molar refractivity (Wildman–Crippen MR) is 122 cm³/mol. The molecule has 2 N–H and O–H groups in total. The summed E-state index contributed by atoms with van der Waals surface area (Å²) >= 11 is 1.89. The summed E-state index contributed by atoms with van der Waals surface area (Å²) in [7, 11) is 1.81. The second-order valence-corrected chi connectivity index (χ2v) is 7.49. The Bertz CT molecular complexity index is 721. The molecular formula is C19H30IN5OS. The van der Waals surface area contributed by atoms with Gasteiger partial charge in [-0.05, 0) is 29.9 Å². The fourth-order valence-corrected chi connectivity index (χ4v) is 4.25. The van der Waals surface area contributed by atoms with E-state index in [0.717, 1.165) is 56.4 Å². The molecule has 0 amide bonds. The summed E-state index contributed by atoms with van der Waals surface area (Å²) in [5.41, 5.74) is 3.69. The molecule has 0 saturated heterocycles. The second kappa shape index (κ2) is 11.0. The highest BCUT2D eigenvalue weighted by Crippen LogP contribution is 2.23. The van der Waals surface area contributed by atoms with E-state index in [2.05, 4.69) is 51.0 Å². The summed E-state index contributed by atoms with van der Waals surface area (Å²) in [6.07, 6.45) is 2.91. The van der Waals surface area contributed by atoms with Gasteiger partial charge in [0.15, 0.2) is 5.96 Å². The van der Waals surface area contributed by atoms with Crippen molar-refractivity contribution in [3.63, 3.8) is 0 Å². The number of guanidine groups is 1. The van der Waals surface area contributed by atoms with Gasteiger partial charge in [-0.15, -0.1) is 35.3 Å². The minimum absolute atomic E-state index is 0. The molecule has 0 aromatic carbocycles. The van der Waals surface area contributed by atoms with Crippen molar-refractivity contribution in [1.29, 1.82) is 0 Å². The fraction of sp³-hybridized carbons (Fsp3) is 0.579. The van der Waals surface area contributed by atoms with Gasteiger partial charge < -0.3 is 15.2 Å². The van der Waals surface area contributed by atoms with Crippen molar-refractivity contribution in [1.82, 2.24) is 20.7 Å². The maximum atomic E-state index is 5.43. The SMILES string of the molecule is CCc1noc(CC)c1CNC(=NC)NCCN1CCc2sccc2C1.I. The van der Waals surface area contributed by atoms with Gasteiger partial charge in [0.1, 0.15) is 5.76 Å². The highest BCUT2D eigenvalue weighted by atomic mass is 127. The van der Waals surface area contributed by atoms with Gasteiger partial charge >= 0.3 is 0 Å². The molecule has 3 heterocycles. The maximum absolute atomic E-state index is 5.43. The Morgan fingerprint density at radius 3 is 2.93 bits per heavy atom. The van der Waals surface area contributed by atoms with Crippen molar-refractivity contribution in [2.45, 2.75) is 46.2 Å². The van der Waals surface area contributed by atoms with E-state index >= 15 is 0 Å². The smallest absolute Gasteiger partial charge is 0.191 e. The third kappa shape index (κ3) is 5.68. The Morgan fingerprint density at radius 2 is 2.19 bits per heavy atom. The molecule has 0 spiro atoms. The van der Waals surface area contributed by atoms with Crippen molar-refractivity contribution in [2.75, 3.05) is 26.7 Å². The molecule has 0 bridgehead atoms. The van der Waals surface area contributed by atoms with Gasteiger partial charge in [-0.25, -0.2) is 0 Å². The number of hydrogen-bond donors (Lipinski definition) is 2. The van der Waals surface area contributed by atoms with Gasteiger partial charge in [0, 0.05) is 56.6 Å². The van der Waals surface area contributed by atoms with Crippen LogP contribution in [0.4, 0.5) is 0 Å². The molecule has 2 aromatic heterocycles. The van der Waals surface area contributed by atoms with Crippen LogP contribution < -0.4 is 10.6 Å². The molecule has 0 aliphatic carbocycles. The molecule has 6 nitrogen and oxygen atoms in total. The second-order valence-electron chi connectivity index (χ2n) is 6.49. The minimum atomic E-state index is 0. The van der Waals surface area contributed by atoms with Crippen molar-refractivity contribution < 1.29 is 4.52 Å². The van der Waals surface area contributed by atoms with E-state index in [1.165, 1.54) is 17.5 Å². The summed E-state index contributed by atoms with van der Waals surface area (Å²) in [6, 6.07) is 2.26. The third-order valence-electron chi connectivity index (χ3n) is 4.87. The Hall–Kier alpha value is -1.13. The third-order valence-corrected chi connectivity index (χ3v) is 5.89. The molecule has 1 aliphatic heterocycles. The number of nitrogens with one attached hydrogen (secondary N) is 2. The molecule has 0 atom stereocenters. The lowest BCUT2D eigenvalue weighted by Gasteiger charge is -2.27. The minimum Gasteiger partial charge on any atom is -0.361 e. The molecule has 2 aromatic rings. The van der Waals surface area contributed by atoms with Crippen molar-refractivity contribution in [2.24, 2.45) is 4.99 Å². The Kier molecular flexibility index (Phi) is 9.04. The van der Waals surface area contributed by atoms with Gasteiger partial charge in [-0.1, -0.05) is 19.0 Å². The predicted octanol–water partition coefficient (Wildman–Crippen LogP) is 3.20. The topological polar surface area (TPSA) is 65.7 Å². The van der Waals surface area contributed by atoms with Crippen LogP contribution in [-0.2, 0) is 32.4 Å². The number of nitrogens with zero attached hydrogens (tertiary/aromatic N) is 3. The van der Waals surface area contributed by atoms with Crippen LogP contribution in [0.2, 0.25) is 0 Å². The van der Waals surface area contributed by atoms with Crippen molar-refractivity contribution in [3.8, 4) is 0 Å². The number of fused-ring (bicyclic) bond motifs is 1. The van der Waals surface area contributed by atoms with Crippen molar-refractivity contribution >= 4 is 41.3 Å². The summed E-state index contributed by atoms with van der Waals surface area (Å²) in [4.78, 5) is 8.39. The lowest BCUT2D eigenvalue weighted by Crippen LogP contribution is -2.42. The van der Waals surface area contributed by atoms with Crippen LogP contribution in [0.3, 0.4) is 0 Å². The Morgan fingerprint density at radius 1 is 1.33 bits per heavy atom. The average Bonchev–Trinajstić information content (AvgIpc) is 3.29. The van der Waals surface area contributed by atoms with Crippen LogP contribution in [0.5, 0.6) is 0 Å². The number of halogens is 1. The first kappa shape index (κ1) is 22.2. The zero-order chi connectivity index (χ0) is 18.4. The standard InChI is InChI=1S/C19H29N5OS.HI/c1-4-16-15(17(5-2)25-23-16)12-22-19(20-3)21-8-10-24-9-6-18-14(13-24)7-11-26-18;/h7,11H,4-6,8-10,12-13H2,1-3H3,(H2,20,21,22);1H. The largest absolute Gasteiger partial charge is 0.361 e. The molecule has 8 heteroatoms. The zero-order valence-corrected chi connectivity index (χ0v) is 19.5. The van der Waals surface area contributed by atoms with Gasteiger partial charge in [0.2, 0.25) is 0 Å². The van der Waals surface area contributed by atoms with Crippen LogP contribution in [0, 0.1) is 0 Å². The lowest BCUT2D eigenvalue weighted by atomic mass is 10.1. The van der Waals surface area contributed by atoms with Gasteiger partial charge in [0.05, 0.1) is 5.69 Å². The molecule has 0 radical (unpaired) electrons. The number of aryl methyl sites for hydroxylation is 2. The highest BCUT2D eigenvalue weighted by molar-refractivity contribution is 14.0. The number of thiophene rings is 1. The van der Waals surface area contributed by atoms with Gasteiger partial charge in [0.25, 0.3) is 0 Å². The molecule has 0 saturated carbocycles. The number of aromatic nitrogens is 1. The maximum Gasteiger partial charge on any atom is 0.191 e. The van der Waals surface area contributed by atoms with Crippen molar-refractivity contribution in [3.05, 3.63) is 38.9 Å². The number of hydrogen-bond acceptors (Lipinski definition) is 5. The molecular weight excluding hydrogens is 473 g/mol. The average molecular weight is 503 g/mol.